The second-order valence-electron chi connectivity index (χ2n) is 8.13. The molecule has 1 aromatic carbocycles. The number of aliphatic imine (C=N–C) groups is 1. The third-order valence-corrected chi connectivity index (χ3v) is 5.59. The van der Waals surface area contributed by atoms with Crippen LogP contribution in [0.15, 0.2) is 23.2 Å². The molecule has 1 fully saturated rings. The van der Waals surface area contributed by atoms with Crippen LogP contribution in [-0.2, 0) is 9.47 Å². The van der Waals surface area contributed by atoms with E-state index in [2.05, 4.69) is 20.6 Å². The van der Waals surface area contributed by atoms with Gasteiger partial charge >= 0.3 is 0 Å². The molecule has 174 valence electrons. The van der Waals surface area contributed by atoms with Gasteiger partial charge < -0.3 is 25.8 Å². The largest absolute Gasteiger partial charge is 0.387 e. The summed E-state index contributed by atoms with van der Waals surface area (Å²) >= 11 is 0. The number of amidine groups is 1. The van der Waals surface area contributed by atoms with Gasteiger partial charge in [-0.1, -0.05) is 24.5 Å². The molecule has 0 spiro atoms. The van der Waals surface area contributed by atoms with Crippen LogP contribution in [-0.4, -0.2) is 67.8 Å². The van der Waals surface area contributed by atoms with Gasteiger partial charge in [0.15, 0.2) is 0 Å². The maximum atomic E-state index is 12.6. The first-order valence-electron chi connectivity index (χ1n) is 11.1. The van der Waals surface area contributed by atoms with Crippen molar-refractivity contribution < 1.29 is 14.3 Å². The topological polar surface area (TPSA) is 124 Å². The molecule has 1 amide bonds. The molecule has 0 unspecified atom stereocenters. The van der Waals surface area contributed by atoms with Crippen molar-refractivity contribution in [3.63, 3.8) is 0 Å². The highest BCUT2D eigenvalue weighted by molar-refractivity contribution is 5.96. The highest BCUT2D eigenvalue weighted by atomic mass is 16.5. The fourth-order valence-electron chi connectivity index (χ4n) is 3.89. The van der Waals surface area contributed by atoms with Crippen molar-refractivity contribution in [2.24, 2.45) is 10.7 Å². The zero-order chi connectivity index (χ0) is 22.9. The van der Waals surface area contributed by atoms with Gasteiger partial charge in [-0.2, -0.15) is 0 Å². The van der Waals surface area contributed by atoms with Crippen molar-refractivity contribution in [1.82, 2.24) is 15.3 Å². The van der Waals surface area contributed by atoms with Crippen LogP contribution in [0.5, 0.6) is 0 Å². The van der Waals surface area contributed by atoms with Crippen LogP contribution in [0.4, 0.5) is 5.82 Å². The summed E-state index contributed by atoms with van der Waals surface area (Å²) in [5.41, 5.74) is 7.95. The van der Waals surface area contributed by atoms with Crippen molar-refractivity contribution in [3.8, 4) is 0 Å². The monoisotopic (exact) mass is 442 g/mol. The normalized spacial score (nSPS) is 19.2. The van der Waals surface area contributed by atoms with Gasteiger partial charge in [0, 0.05) is 38.6 Å². The molecule has 1 aliphatic carbocycles. The number of rotatable bonds is 10. The molecule has 1 heterocycles. The summed E-state index contributed by atoms with van der Waals surface area (Å²) in [7, 11) is 3.25. The minimum absolute atomic E-state index is 0.0504. The Kier molecular flexibility index (Phi) is 8.75. The lowest BCUT2D eigenvalue weighted by Crippen LogP contribution is -2.37. The number of aromatic nitrogens is 2. The molecule has 2 aromatic rings. The zero-order valence-electron chi connectivity index (χ0n) is 19.2. The Morgan fingerprint density at radius 1 is 1.19 bits per heavy atom. The van der Waals surface area contributed by atoms with Crippen molar-refractivity contribution in [3.05, 3.63) is 29.6 Å². The van der Waals surface area contributed by atoms with Gasteiger partial charge in [-0.25, -0.2) is 9.97 Å². The number of fused-ring (bicyclic) bond motifs is 1. The molecule has 0 aliphatic heterocycles. The van der Waals surface area contributed by atoms with Gasteiger partial charge in [-0.05, 0) is 31.9 Å². The van der Waals surface area contributed by atoms with Crippen molar-refractivity contribution in [1.29, 1.82) is 0 Å². The lowest BCUT2D eigenvalue weighted by atomic mass is 9.90. The number of carbonyl (C=O) groups excluding carboxylic acids is 1. The second kappa shape index (κ2) is 11.7. The Bertz CT molecular complexity index is 949. The Morgan fingerprint density at radius 3 is 2.75 bits per heavy atom. The van der Waals surface area contributed by atoms with E-state index in [1.54, 1.807) is 14.2 Å². The number of benzene rings is 1. The van der Waals surface area contributed by atoms with Gasteiger partial charge in [0.1, 0.15) is 5.82 Å². The molecule has 0 bridgehead atoms. The number of ether oxygens (including phenoxy) is 2. The molecule has 1 aromatic heterocycles. The van der Waals surface area contributed by atoms with Crippen LogP contribution >= 0.6 is 0 Å². The quantitative estimate of drug-likeness (QED) is 0.293. The molecular formula is C23H34N6O3. The van der Waals surface area contributed by atoms with E-state index < -0.39 is 0 Å². The van der Waals surface area contributed by atoms with Crippen molar-refractivity contribution >= 4 is 28.5 Å². The fraction of sp³-hybridized carbons (Fsp3) is 0.565. The number of nitrogens with zero attached hydrogens (tertiary/aromatic N) is 3. The van der Waals surface area contributed by atoms with Crippen molar-refractivity contribution in [2.75, 3.05) is 39.3 Å². The van der Waals surface area contributed by atoms with E-state index in [-0.39, 0.29) is 23.8 Å². The number of methoxy groups -OCH3 is 2. The molecule has 32 heavy (non-hydrogen) atoms. The minimum atomic E-state index is -0.324. The summed E-state index contributed by atoms with van der Waals surface area (Å²) < 4.78 is 10.1. The van der Waals surface area contributed by atoms with Gasteiger partial charge in [-0.3, -0.25) is 9.79 Å². The first-order valence-corrected chi connectivity index (χ1v) is 11.1. The Morgan fingerprint density at radius 2 is 1.97 bits per heavy atom. The molecule has 9 nitrogen and oxygen atoms in total. The summed E-state index contributed by atoms with van der Waals surface area (Å²) in [6, 6.07) is 6.07. The Balaban J connectivity index is 1.89. The summed E-state index contributed by atoms with van der Waals surface area (Å²) in [5.74, 6) is 1.07. The summed E-state index contributed by atoms with van der Waals surface area (Å²) in [4.78, 5) is 26.5. The first kappa shape index (κ1) is 23.9. The van der Waals surface area contributed by atoms with Gasteiger partial charge in [0.05, 0.1) is 30.6 Å². The minimum Gasteiger partial charge on any atom is -0.387 e. The number of nitrogens with two attached hydrogens (primary N) is 1. The molecule has 0 radical (unpaired) electrons. The predicted octanol–water partition coefficient (Wildman–Crippen LogP) is 2.43. The lowest BCUT2D eigenvalue weighted by molar-refractivity contribution is 0.0927. The summed E-state index contributed by atoms with van der Waals surface area (Å²) in [6.07, 6.45) is 4.74. The number of carbonyl (C=O) groups is 1. The van der Waals surface area contributed by atoms with Crippen LogP contribution < -0.4 is 16.4 Å². The smallest absolute Gasteiger partial charge is 0.289 e. The highest BCUT2D eigenvalue weighted by Gasteiger charge is 2.26. The fourth-order valence-corrected chi connectivity index (χ4v) is 3.89. The molecule has 1 saturated carbocycles. The highest BCUT2D eigenvalue weighted by Crippen LogP contribution is 2.28. The zero-order valence-corrected chi connectivity index (χ0v) is 19.2. The summed E-state index contributed by atoms with van der Waals surface area (Å²) in [5, 5.41) is 7.26. The Hall–Kier alpha value is -2.78. The molecule has 1 aliphatic rings. The molecular weight excluding hydrogens is 408 g/mol. The number of hydrogen-bond donors (Lipinski definition) is 3. The van der Waals surface area contributed by atoms with E-state index in [0.717, 1.165) is 42.1 Å². The van der Waals surface area contributed by atoms with Gasteiger partial charge in [0.2, 0.25) is 5.82 Å². The maximum Gasteiger partial charge on any atom is 0.289 e. The van der Waals surface area contributed by atoms with Crippen LogP contribution in [0.2, 0.25) is 0 Å². The average molecular weight is 443 g/mol. The molecule has 3 rings (SSSR count). The average Bonchev–Trinajstić information content (AvgIpc) is 2.79. The number of hydrogen-bond acceptors (Lipinski definition) is 7. The van der Waals surface area contributed by atoms with Gasteiger partial charge in [0.25, 0.3) is 5.91 Å². The van der Waals surface area contributed by atoms with E-state index in [1.807, 2.05) is 25.1 Å². The number of amides is 1. The molecule has 9 heteroatoms. The Labute approximate surface area is 189 Å². The van der Waals surface area contributed by atoms with Gasteiger partial charge in [-0.15, -0.1) is 0 Å². The van der Waals surface area contributed by atoms with E-state index in [9.17, 15) is 4.79 Å². The molecule has 2 atom stereocenters. The number of aryl methyl sites for hydroxylation is 1. The van der Waals surface area contributed by atoms with Crippen LogP contribution in [0.25, 0.3) is 10.9 Å². The van der Waals surface area contributed by atoms with E-state index in [1.165, 1.54) is 0 Å². The predicted molar refractivity (Wildman–Crippen MR) is 126 cm³/mol. The van der Waals surface area contributed by atoms with Crippen LogP contribution in [0.1, 0.15) is 48.3 Å². The van der Waals surface area contributed by atoms with Crippen LogP contribution in [0.3, 0.4) is 0 Å². The van der Waals surface area contributed by atoms with E-state index in [0.29, 0.717) is 37.8 Å². The van der Waals surface area contributed by atoms with E-state index in [4.69, 9.17) is 20.2 Å². The summed E-state index contributed by atoms with van der Waals surface area (Å²) in [6.45, 7) is 3.40. The third kappa shape index (κ3) is 6.37. The van der Waals surface area contributed by atoms with Crippen LogP contribution in [0, 0.1) is 6.92 Å². The lowest BCUT2D eigenvalue weighted by Gasteiger charge is -2.30. The van der Waals surface area contributed by atoms with Crippen molar-refractivity contribution in [2.45, 2.75) is 51.1 Å². The van der Waals surface area contributed by atoms with E-state index >= 15 is 0 Å². The first-order chi connectivity index (χ1) is 15.5. The second-order valence-corrected chi connectivity index (χ2v) is 8.13. The number of anilines is 1. The number of nitrogens with one attached hydrogen (secondary N) is 2. The molecule has 4 N–H and O–H groups in total. The maximum absolute atomic E-state index is 12.6. The SMILES string of the molecule is COCCNC(=O)c1nc(N[C@H]2CCCC[C@H]2N=C(N)CCOC)c2cc(C)ccc2n1. The third-order valence-electron chi connectivity index (χ3n) is 5.59. The standard InChI is InChI=1S/C23H34N6O3/c1-15-8-9-17-16(14-15)21(29-22(27-17)23(30)25-11-13-32-3)28-19-7-5-4-6-18(19)26-20(24)10-12-31-2/h8-9,14,18-19H,4-7,10-13H2,1-3H3,(H2,24,26)(H,25,30)(H,27,28,29)/t18-,19+/m1/s1. The molecule has 0 saturated heterocycles.